The molecule has 0 aromatic carbocycles. The first kappa shape index (κ1) is 9.90. The summed E-state index contributed by atoms with van der Waals surface area (Å²) in [5, 5.41) is 0. The Bertz CT molecular complexity index is 26.3. The monoisotopic (exact) mass is 202 g/mol. The molecule has 0 aliphatic heterocycles. The second-order valence-electron chi connectivity index (χ2n) is 0.481. The molecule has 0 aromatic heterocycles. The third-order valence-corrected chi connectivity index (χ3v) is 0. The van der Waals surface area contributed by atoms with E-state index in [1.807, 2.05) is 0 Å². The van der Waals surface area contributed by atoms with Gasteiger partial charge in [-0.15, -0.1) is 0 Å². The molecule has 0 spiro atoms. The van der Waals surface area contributed by atoms with Crippen LogP contribution in [0, 0.1) is 0 Å². The van der Waals surface area contributed by atoms with Crippen LogP contribution in [0.15, 0.2) is 0 Å². The van der Waals surface area contributed by atoms with Crippen molar-refractivity contribution in [2.75, 3.05) is 0 Å². The third kappa shape index (κ3) is 115. The van der Waals surface area contributed by atoms with E-state index in [1.54, 1.807) is 0 Å². The van der Waals surface area contributed by atoms with Gasteiger partial charge >= 0.3 is 22.4 Å². The van der Waals surface area contributed by atoms with Crippen LogP contribution in [-0.2, 0) is 22.4 Å². The standard InChI is InChI=1S/Ag.FO3Si/c;1-5(2,3)4/q+3;-3. The molecule has 0 rings (SSSR count). The number of hydrogen-bond acceptors (Lipinski definition) is 3. The van der Waals surface area contributed by atoms with Crippen molar-refractivity contribution in [3.63, 3.8) is 0 Å². The molecule has 0 heterocycles. The van der Waals surface area contributed by atoms with Gasteiger partial charge in [0, 0.05) is 0 Å². The first-order chi connectivity index (χ1) is 2.00. The van der Waals surface area contributed by atoms with E-state index in [0.29, 0.717) is 0 Å². The maximum absolute atomic E-state index is 10.2. The van der Waals surface area contributed by atoms with Crippen LogP contribution in [0.3, 0.4) is 0 Å². The molecule has 0 atom stereocenters. The molecular weight excluding hydrogens is 203 g/mol. The summed E-state index contributed by atoms with van der Waals surface area (Å²) in [5.41, 5.74) is 0. The van der Waals surface area contributed by atoms with Gasteiger partial charge in [0.2, 0.25) is 0 Å². The molecule has 3 nitrogen and oxygen atoms in total. The summed E-state index contributed by atoms with van der Waals surface area (Å²) in [7, 11) is -5.86. The number of halogens is 1. The van der Waals surface area contributed by atoms with Crippen LogP contribution in [0.1, 0.15) is 0 Å². The Morgan fingerprint density at radius 2 is 1.17 bits per heavy atom. The Morgan fingerprint density at radius 3 is 1.17 bits per heavy atom. The second-order valence-corrected chi connectivity index (χ2v) is 1.44. The average molecular weight is 203 g/mol. The molecule has 0 aliphatic carbocycles. The molecule has 6 heavy (non-hydrogen) atoms. The van der Waals surface area contributed by atoms with Crippen molar-refractivity contribution in [1.82, 2.24) is 0 Å². The molecule has 6 heteroatoms. The summed E-state index contributed by atoms with van der Waals surface area (Å²) in [6.45, 7) is 0. The summed E-state index contributed by atoms with van der Waals surface area (Å²) in [5.74, 6) is 0. The van der Waals surface area contributed by atoms with Gasteiger partial charge in [-0.1, -0.05) is 9.14 Å². The van der Waals surface area contributed by atoms with E-state index < -0.39 is 9.14 Å². The summed E-state index contributed by atoms with van der Waals surface area (Å²) in [6, 6.07) is 0. The minimum Gasteiger partial charge on any atom is -0.857 e. The fourth-order valence-corrected chi connectivity index (χ4v) is 0. The van der Waals surface area contributed by atoms with Crippen LogP contribution in [0.5, 0.6) is 0 Å². The minimum atomic E-state index is -5.86. The van der Waals surface area contributed by atoms with Gasteiger partial charge in [-0.2, -0.15) is 0 Å². The van der Waals surface area contributed by atoms with Crippen LogP contribution in [0.4, 0.5) is 4.11 Å². The zero-order valence-electron chi connectivity index (χ0n) is 2.40. The molecule has 0 aliphatic rings. The van der Waals surface area contributed by atoms with E-state index >= 15 is 0 Å². The van der Waals surface area contributed by atoms with Gasteiger partial charge in [0.25, 0.3) is 0 Å². The summed E-state index contributed by atoms with van der Waals surface area (Å²) < 4.78 is 10.2. The molecule has 0 bridgehead atoms. The summed E-state index contributed by atoms with van der Waals surface area (Å²) in [6.07, 6.45) is 0. The van der Waals surface area contributed by atoms with Crippen molar-refractivity contribution >= 4 is 9.14 Å². The molecule has 0 radical (unpaired) electrons. The molecule has 0 unspecified atom stereocenters. The van der Waals surface area contributed by atoms with Crippen molar-refractivity contribution in [3.8, 4) is 0 Å². The number of hydrogen-bond donors (Lipinski definition) is 0. The predicted molar refractivity (Wildman–Crippen MR) is 6.86 cm³/mol. The Morgan fingerprint density at radius 1 is 1.17 bits per heavy atom. The van der Waals surface area contributed by atoms with Crippen molar-refractivity contribution < 1.29 is 40.9 Å². The average Bonchev–Trinajstić information content (AvgIpc) is 0.722. The minimum absolute atomic E-state index is 0. The van der Waals surface area contributed by atoms with E-state index in [0.717, 1.165) is 0 Å². The van der Waals surface area contributed by atoms with Crippen LogP contribution in [0.25, 0.3) is 0 Å². The maximum atomic E-state index is 10.2. The third-order valence-electron chi connectivity index (χ3n) is 0. The van der Waals surface area contributed by atoms with E-state index in [-0.39, 0.29) is 22.4 Å². The number of rotatable bonds is 0. The van der Waals surface area contributed by atoms with Crippen molar-refractivity contribution in [3.05, 3.63) is 0 Å². The van der Waals surface area contributed by atoms with E-state index in [9.17, 15) is 4.11 Å². The molecule has 0 saturated carbocycles. The van der Waals surface area contributed by atoms with Crippen LogP contribution >= 0.6 is 0 Å². The molecular formula is AgFO3Si. The van der Waals surface area contributed by atoms with Crippen LogP contribution in [-0.4, -0.2) is 9.14 Å². The first-order valence-corrected chi connectivity index (χ1v) is 2.40. The van der Waals surface area contributed by atoms with Crippen molar-refractivity contribution in [1.29, 1.82) is 0 Å². The topological polar surface area (TPSA) is 69.2 Å². The van der Waals surface area contributed by atoms with Crippen LogP contribution < -0.4 is 14.4 Å². The Labute approximate surface area is 50.5 Å². The van der Waals surface area contributed by atoms with Gasteiger partial charge in [0.15, 0.2) is 0 Å². The molecule has 0 fully saturated rings. The zero-order valence-corrected chi connectivity index (χ0v) is 4.89. The van der Waals surface area contributed by atoms with Crippen molar-refractivity contribution in [2.24, 2.45) is 0 Å². The first-order valence-electron chi connectivity index (χ1n) is 0.801. The van der Waals surface area contributed by atoms with Crippen LogP contribution in [0.2, 0.25) is 0 Å². The second kappa shape index (κ2) is 2.86. The Balaban J connectivity index is 0. The van der Waals surface area contributed by atoms with E-state index in [4.69, 9.17) is 14.4 Å². The summed E-state index contributed by atoms with van der Waals surface area (Å²) >= 11 is 0. The zero-order chi connectivity index (χ0) is 4.50. The predicted octanol–water partition coefficient (Wildman–Crippen LogP) is -3.53. The normalized spacial score (nSPS) is 10.0. The van der Waals surface area contributed by atoms with E-state index in [2.05, 4.69) is 0 Å². The Hall–Kier alpha value is 0.767. The van der Waals surface area contributed by atoms with Gasteiger partial charge in [0.05, 0.1) is 0 Å². The van der Waals surface area contributed by atoms with E-state index in [1.165, 1.54) is 0 Å². The molecule has 0 N–H and O–H groups in total. The summed E-state index contributed by atoms with van der Waals surface area (Å²) in [4.78, 5) is 25.4. The molecule has 0 aromatic rings. The Kier molecular flexibility index (Phi) is 4.72. The maximum Gasteiger partial charge on any atom is 3.00 e. The molecule has 0 saturated heterocycles. The molecule has 0 amide bonds. The van der Waals surface area contributed by atoms with Gasteiger partial charge in [-0.25, -0.2) is 0 Å². The fraction of sp³-hybridized carbons (Fsp3) is 0. The molecule has 40 valence electrons. The quantitative estimate of drug-likeness (QED) is 0.302. The fourth-order valence-electron chi connectivity index (χ4n) is 0. The SMILES string of the molecule is [Ag+3].[O-][Si]([O-])([O-])F. The van der Waals surface area contributed by atoms with Crippen molar-refractivity contribution in [2.45, 2.75) is 0 Å². The smallest absolute Gasteiger partial charge is 0.857 e. The van der Waals surface area contributed by atoms with Gasteiger partial charge in [0.1, 0.15) is 0 Å². The van der Waals surface area contributed by atoms with Gasteiger partial charge in [-0.05, 0) is 0 Å². The van der Waals surface area contributed by atoms with Gasteiger partial charge < -0.3 is 18.5 Å². The largest absolute Gasteiger partial charge is 3.00 e. The van der Waals surface area contributed by atoms with Gasteiger partial charge in [-0.3, -0.25) is 0 Å².